The number of alkyl halides is 1. The van der Waals surface area contributed by atoms with Crippen LogP contribution in [0.1, 0.15) is 11.1 Å². The van der Waals surface area contributed by atoms with Gasteiger partial charge in [-0.2, -0.15) is 0 Å². The van der Waals surface area contributed by atoms with E-state index in [4.69, 9.17) is 16.3 Å². The van der Waals surface area contributed by atoms with Gasteiger partial charge in [0.25, 0.3) is 0 Å². The van der Waals surface area contributed by atoms with Crippen LogP contribution >= 0.6 is 11.6 Å². The molecule has 0 fully saturated rings. The molecule has 0 amide bonds. The zero-order valence-corrected chi connectivity index (χ0v) is 15.9. The van der Waals surface area contributed by atoms with Gasteiger partial charge in [-0.05, 0) is 35.4 Å². The minimum absolute atomic E-state index is 0.0376. The number of ether oxygens (including phenoxy) is 1. The molecule has 0 N–H and O–H groups in total. The van der Waals surface area contributed by atoms with E-state index < -0.39 is 6.17 Å². The monoisotopic (exact) mass is 383 g/mol. The molecule has 1 unspecified atom stereocenters. The number of para-hydroxylation sites is 1. The second-order valence-electron chi connectivity index (χ2n) is 6.50. The van der Waals surface area contributed by atoms with Gasteiger partial charge in [-0.25, -0.2) is 4.39 Å². The van der Waals surface area contributed by atoms with Crippen molar-refractivity contribution in [1.82, 2.24) is 4.90 Å². The van der Waals surface area contributed by atoms with Gasteiger partial charge in [0.1, 0.15) is 18.5 Å². The van der Waals surface area contributed by atoms with Crippen LogP contribution in [0.25, 0.3) is 0 Å². The molecule has 1 atom stereocenters. The van der Waals surface area contributed by atoms with E-state index >= 15 is 0 Å². The smallest absolute Gasteiger partial charge is 0.147 e. The summed E-state index contributed by atoms with van der Waals surface area (Å²) < 4.78 is 20.2. The molecule has 3 aromatic rings. The minimum atomic E-state index is -1.08. The minimum Gasteiger partial charge on any atom is -0.491 e. The Morgan fingerprint density at radius 1 is 0.778 bits per heavy atom. The molecule has 0 aliphatic carbocycles. The second-order valence-corrected chi connectivity index (χ2v) is 6.94. The lowest BCUT2D eigenvalue weighted by atomic mass is 10.1. The molecule has 4 heteroatoms. The van der Waals surface area contributed by atoms with Gasteiger partial charge in [-0.15, -0.1) is 0 Å². The molecular weight excluding hydrogens is 361 g/mol. The first-order chi connectivity index (χ1) is 13.2. The number of hydrogen-bond donors (Lipinski definition) is 0. The van der Waals surface area contributed by atoms with Crippen LogP contribution in [0, 0.1) is 0 Å². The average Bonchev–Trinajstić information content (AvgIpc) is 2.70. The van der Waals surface area contributed by atoms with Crippen LogP contribution in [-0.2, 0) is 13.1 Å². The van der Waals surface area contributed by atoms with Gasteiger partial charge in [0, 0.05) is 24.7 Å². The maximum Gasteiger partial charge on any atom is 0.147 e. The lowest BCUT2D eigenvalue weighted by Crippen LogP contribution is -2.32. The molecule has 27 heavy (non-hydrogen) atoms. The van der Waals surface area contributed by atoms with Gasteiger partial charge in [0.2, 0.25) is 0 Å². The molecule has 0 aliphatic rings. The van der Waals surface area contributed by atoms with Crippen LogP contribution in [0.2, 0.25) is 5.02 Å². The number of benzene rings is 3. The van der Waals surface area contributed by atoms with Crippen LogP contribution < -0.4 is 4.74 Å². The van der Waals surface area contributed by atoms with Crippen molar-refractivity contribution in [3.8, 4) is 5.75 Å². The zero-order valence-electron chi connectivity index (χ0n) is 15.1. The molecule has 140 valence electrons. The van der Waals surface area contributed by atoms with Crippen molar-refractivity contribution in [2.45, 2.75) is 19.3 Å². The Labute approximate surface area is 165 Å². The van der Waals surface area contributed by atoms with E-state index in [9.17, 15) is 4.39 Å². The standard InChI is InChI=1S/C23H23ClFNO/c24-21-13-11-20(12-14-21)16-26(15-19-7-3-1-4-8-19)17-22(25)18-27-23-9-5-2-6-10-23/h1-14,22H,15-18H2. The van der Waals surface area contributed by atoms with E-state index in [0.717, 1.165) is 11.1 Å². The number of rotatable bonds is 9. The maximum atomic E-state index is 14.6. The third-order valence-electron chi connectivity index (χ3n) is 4.20. The summed E-state index contributed by atoms with van der Waals surface area (Å²) in [5.74, 6) is 0.687. The summed E-state index contributed by atoms with van der Waals surface area (Å²) in [7, 11) is 0. The molecule has 2 nitrogen and oxygen atoms in total. The van der Waals surface area contributed by atoms with Gasteiger partial charge in [0.05, 0.1) is 0 Å². The summed E-state index contributed by atoms with van der Waals surface area (Å²) in [6.07, 6.45) is -1.08. The van der Waals surface area contributed by atoms with Crippen LogP contribution in [0.15, 0.2) is 84.9 Å². The SMILES string of the molecule is FC(COc1ccccc1)CN(Cc1ccccc1)Cc1ccc(Cl)cc1. The van der Waals surface area contributed by atoms with Gasteiger partial charge < -0.3 is 4.74 Å². The molecule has 0 saturated carbocycles. The van der Waals surface area contributed by atoms with Crippen molar-refractivity contribution in [3.05, 3.63) is 101 Å². The molecule has 0 bridgehead atoms. The number of halogens is 2. The molecule has 0 aromatic heterocycles. The molecule has 3 rings (SSSR count). The molecule has 0 radical (unpaired) electrons. The van der Waals surface area contributed by atoms with Crippen LogP contribution in [0.4, 0.5) is 4.39 Å². The Bertz CT molecular complexity index is 796. The highest BCUT2D eigenvalue weighted by molar-refractivity contribution is 6.30. The summed E-state index contributed by atoms with van der Waals surface area (Å²) in [4.78, 5) is 2.09. The predicted molar refractivity (Wildman–Crippen MR) is 109 cm³/mol. The number of nitrogens with zero attached hydrogens (tertiary/aromatic N) is 1. The second kappa shape index (κ2) is 10.1. The van der Waals surface area contributed by atoms with Crippen LogP contribution in [-0.4, -0.2) is 24.2 Å². The fourth-order valence-electron chi connectivity index (χ4n) is 2.91. The summed E-state index contributed by atoms with van der Waals surface area (Å²) in [6.45, 7) is 1.66. The lowest BCUT2D eigenvalue weighted by Gasteiger charge is -2.24. The summed E-state index contributed by atoms with van der Waals surface area (Å²) in [5.41, 5.74) is 2.26. The Morgan fingerprint density at radius 3 is 1.96 bits per heavy atom. The highest BCUT2D eigenvalue weighted by Crippen LogP contribution is 2.15. The predicted octanol–water partition coefficient (Wildman–Crippen LogP) is 5.76. The zero-order chi connectivity index (χ0) is 18.9. The molecule has 0 heterocycles. The molecule has 3 aromatic carbocycles. The van der Waals surface area contributed by atoms with Crippen molar-refractivity contribution in [3.63, 3.8) is 0 Å². The van der Waals surface area contributed by atoms with E-state index in [1.54, 1.807) is 0 Å². The first-order valence-corrected chi connectivity index (χ1v) is 9.39. The lowest BCUT2D eigenvalue weighted by molar-refractivity contribution is 0.129. The fraction of sp³-hybridized carbons (Fsp3) is 0.217. The van der Waals surface area contributed by atoms with Crippen molar-refractivity contribution in [1.29, 1.82) is 0 Å². The topological polar surface area (TPSA) is 12.5 Å². The third kappa shape index (κ3) is 6.70. The highest BCUT2D eigenvalue weighted by Gasteiger charge is 2.15. The Hall–Kier alpha value is -2.36. The van der Waals surface area contributed by atoms with Crippen molar-refractivity contribution in [2.24, 2.45) is 0 Å². The van der Waals surface area contributed by atoms with Crippen molar-refractivity contribution >= 4 is 11.6 Å². The summed E-state index contributed by atoms with van der Waals surface area (Å²) >= 11 is 5.97. The quantitative estimate of drug-likeness (QED) is 0.465. The Morgan fingerprint density at radius 2 is 1.33 bits per heavy atom. The molecule has 0 spiro atoms. The normalized spacial score (nSPS) is 12.1. The Balaban J connectivity index is 1.62. The van der Waals surface area contributed by atoms with E-state index in [2.05, 4.69) is 17.0 Å². The summed E-state index contributed by atoms with van der Waals surface area (Å²) in [6, 6.07) is 27.1. The van der Waals surface area contributed by atoms with Crippen molar-refractivity contribution in [2.75, 3.05) is 13.2 Å². The van der Waals surface area contributed by atoms with E-state index in [1.807, 2.05) is 72.8 Å². The van der Waals surface area contributed by atoms with Gasteiger partial charge in [0.15, 0.2) is 0 Å². The van der Waals surface area contributed by atoms with Crippen LogP contribution in [0.3, 0.4) is 0 Å². The van der Waals surface area contributed by atoms with E-state index in [0.29, 0.717) is 30.4 Å². The first-order valence-electron chi connectivity index (χ1n) is 9.02. The fourth-order valence-corrected chi connectivity index (χ4v) is 3.04. The maximum absolute atomic E-state index is 14.6. The number of hydrogen-bond acceptors (Lipinski definition) is 2. The van der Waals surface area contributed by atoms with E-state index in [-0.39, 0.29) is 6.61 Å². The Kier molecular flexibility index (Phi) is 7.26. The van der Waals surface area contributed by atoms with Gasteiger partial charge in [-0.1, -0.05) is 72.3 Å². The van der Waals surface area contributed by atoms with Crippen molar-refractivity contribution < 1.29 is 9.13 Å². The first kappa shape index (κ1) is 19.4. The highest BCUT2D eigenvalue weighted by atomic mass is 35.5. The largest absolute Gasteiger partial charge is 0.491 e. The third-order valence-corrected chi connectivity index (χ3v) is 4.45. The molecule has 0 aliphatic heterocycles. The summed E-state index contributed by atoms with van der Waals surface area (Å²) in [5, 5.41) is 0.702. The molecular formula is C23H23ClFNO. The average molecular weight is 384 g/mol. The van der Waals surface area contributed by atoms with Gasteiger partial charge >= 0.3 is 0 Å². The van der Waals surface area contributed by atoms with Gasteiger partial charge in [-0.3, -0.25) is 4.90 Å². The molecule has 0 saturated heterocycles. The van der Waals surface area contributed by atoms with E-state index in [1.165, 1.54) is 0 Å². The van der Waals surface area contributed by atoms with Crippen LogP contribution in [0.5, 0.6) is 5.75 Å².